The van der Waals surface area contributed by atoms with Crippen molar-refractivity contribution >= 4 is 29.5 Å². The van der Waals surface area contributed by atoms with E-state index in [1.807, 2.05) is 0 Å². The van der Waals surface area contributed by atoms with Gasteiger partial charge in [-0.15, -0.1) is 0 Å². The molecule has 1 aliphatic rings. The number of carbonyl (C=O) groups is 5. The molecular weight excluding hydrogens is 559 g/mol. The molecule has 0 aliphatic carbocycles. The molecule has 5 N–H and O–H groups in total. The van der Waals surface area contributed by atoms with Gasteiger partial charge in [-0.25, -0.2) is 4.39 Å². The normalized spacial score (nSPS) is 21.3. The van der Waals surface area contributed by atoms with E-state index in [9.17, 15) is 38.7 Å². The number of nitrogens with zero attached hydrogens (tertiary/aromatic N) is 2. The van der Waals surface area contributed by atoms with Gasteiger partial charge in [0.1, 0.15) is 23.9 Å². The van der Waals surface area contributed by atoms with Gasteiger partial charge in [0.25, 0.3) is 5.91 Å². The van der Waals surface area contributed by atoms with Crippen molar-refractivity contribution in [3.8, 4) is 6.07 Å². The summed E-state index contributed by atoms with van der Waals surface area (Å²) in [7, 11) is 0. The number of nitriles is 1. The maximum Gasteiger partial charge on any atom is 0.254 e. The smallest absolute Gasteiger partial charge is 0.254 e. The highest BCUT2D eigenvalue weighted by molar-refractivity contribution is 5.98. The summed E-state index contributed by atoms with van der Waals surface area (Å²) in [6.07, 6.45) is -1.26. The lowest BCUT2D eigenvalue weighted by molar-refractivity contribution is -0.135. The van der Waals surface area contributed by atoms with Crippen LogP contribution in [-0.4, -0.2) is 83.4 Å². The Morgan fingerprint density at radius 1 is 1.00 bits per heavy atom. The molecule has 0 unspecified atom stereocenters. The van der Waals surface area contributed by atoms with E-state index in [-0.39, 0.29) is 30.6 Å². The average Bonchev–Trinajstić information content (AvgIpc) is 2.96. The van der Waals surface area contributed by atoms with Crippen LogP contribution in [0.4, 0.5) is 4.39 Å². The van der Waals surface area contributed by atoms with Gasteiger partial charge in [-0.1, -0.05) is 44.2 Å². The van der Waals surface area contributed by atoms with Crippen LogP contribution in [-0.2, 0) is 25.6 Å². The zero-order valence-corrected chi connectivity index (χ0v) is 24.1. The van der Waals surface area contributed by atoms with Crippen LogP contribution in [0.15, 0.2) is 48.5 Å². The van der Waals surface area contributed by atoms with Crippen LogP contribution in [0.2, 0.25) is 0 Å². The number of hydrogen-bond donors (Lipinski definition) is 5. The van der Waals surface area contributed by atoms with Crippen LogP contribution < -0.4 is 21.3 Å². The Morgan fingerprint density at radius 2 is 1.70 bits per heavy atom. The van der Waals surface area contributed by atoms with Crippen LogP contribution in [0.3, 0.4) is 0 Å². The fourth-order valence-corrected chi connectivity index (χ4v) is 4.54. The minimum absolute atomic E-state index is 0.0614. The van der Waals surface area contributed by atoms with E-state index in [1.165, 1.54) is 13.0 Å². The van der Waals surface area contributed by atoms with Gasteiger partial charge >= 0.3 is 0 Å². The molecule has 2 aromatic carbocycles. The van der Waals surface area contributed by atoms with Crippen molar-refractivity contribution in [1.82, 2.24) is 26.2 Å². The van der Waals surface area contributed by atoms with Crippen molar-refractivity contribution in [2.45, 2.75) is 51.4 Å². The first kappa shape index (κ1) is 32.7. The van der Waals surface area contributed by atoms with Crippen LogP contribution in [0.1, 0.15) is 42.3 Å². The summed E-state index contributed by atoms with van der Waals surface area (Å²) in [6.45, 7) is 3.70. The minimum atomic E-state index is -1.40. The van der Waals surface area contributed by atoms with Gasteiger partial charge in [-0.2, -0.15) is 5.26 Å². The van der Waals surface area contributed by atoms with Gasteiger partial charge in [0.15, 0.2) is 0 Å². The van der Waals surface area contributed by atoms with Crippen LogP contribution in [0.25, 0.3) is 0 Å². The molecule has 5 amide bonds. The van der Waals surface area contributed by atoms with Gasteiger partial charge < -0.3 is 31.3 Å². The lowest BCUT2D eigenvalue weighted by Crippen LogP contribution is -2.60. The first-order valence-corrected chi connectivity index (χ1v) is 13.8. The third-order valence-corrected chi connectivity index (χ3v) is 6.82. The summed E-state index contributed by atoms with van der Waals surface area (Å²) < 4.78 is 14.1. The second-order valence-electron chi connectivity index (χ2n) is 10.6. The topological polar surface area (TPSA) is 181 Å². The SMILES string of the molecule is CC(C)[C@H]1NC(=O)CN(C(=O)c2cc(F)cc(C#N)c2)CCNC(=O)[C@H]([C@@H](C)O)NC(=O)[C@H](Cc2ccccc2)NC1=O. The number of amides is 5. The summed E-state index contributed by atoms with van der Waals surface area (Å²) in [5, 5.41) is 29.8. The van der Waals surface area contributed by atoms with Gasteiger partial charge in [0.2, 0.25) is 23.6 Å². The van der Waals surface area contributed by atoms with Crippen molar-refractivity contribution < 1.29 is 33.5 Å². The molecule has 1 fully saturated rings. The van der Waals surface area contributed by atoms with Crippen molar-refractivity contribution in [3.05, 3.63) is 71.0 Å². The van der Waals surface area contributed by atoms with Crippen LogP contribution >= 0.6 is 0 Å². The highest BCUT2D eigenvalue weighted by Crippen LogP contribution is 2.13. The van der Waals surface area contributed by atoms with E-state index >= 15 is 0 Å². The molecule has 1 saturated heterocycles. The van der Waals surface area contributed by atoms with E-state index in [0.29, 0.717) is 0 Å². The van der Waals surface area contributed by atoms with E-state index in [1.54, 1.807) is 50.2 Å². The summed E-state index contributed by atoms with van der Waals surface area (Å²) >= 11 is 0. The Bertz CT molecular complexity index is 1390. The number of halogens is 1. The quantitative estimate of drug-likeness (QED) is 0.323. The number of carbonyl (C=O) groups excluding carboxylic acids is 5. The number of nitrogens with one attached hydrogen (secondary N) is 4. The number of aliphatic hydroxyl groups is 1. The van der Waals surface area contributed by atoms with E-state index in [2.05, 4.69) is 21.3 Å². The van der Waals surface area contributed by atoms with Gasteiger partial charge in [-0.3, -0.25) is 24.0 Å². The summed E-state index contributed by atoms with van der Waals surface area (Å²) in [5.41, 5.74) is 0.427. The molecule has 0 spiro atoms. The Kier molecular flexibility index (Phi) is 11.3. The number of benzene rings is 2. The molecule has 12 nitrogen and oxygen atoms in total. The maximum atomic E-state index is 14.1. The first-order valence-electron chi connectivity index (χ1n) is 13.8. The van der Waals surface area contributed by atoms with Gasteiger partial charge in [0, 0.05) is 25.1 Å². The fourth-order valence-electron chi connectivity index (χ4n) is 4.54. The molecule has 2 aromatic rings. The molecule has 0 bridgehead atoms. The molecule has 1 heterocycles. The summed E-state index contributed by atoms with van der Waals surface area (Å²) in [4.78, 5) is 67.3. The second kappa shape index (κ2) is 14.9. The van der Waals surface area contributed by atoms with Crippen molar-refractivity contribution in [2.75, 3.05) is 19.6 Å². The number of rotatable bonds is 5. The fraction of sp³-hybridized carbons (Fsp3) is 0.400. The largest absolute Gasteiger partial charge is 0.391 e. The minimum Gasteiger partial charge on any atom is -0.391 e. The first-order chi connectivity index (χ1) is 20.4. The summed E-state index contributed by atoms with van der Waals surface area (Å²) in [5.74, 6) is -4.93. The highest BCUT2D eigenvalue weighted by atomic mass is 19.1. The lowest BCUT2D eigenvalue weighted by Gasteiger charge is -2.27. The Labute approximate surface area is 248 Å². The third-order valence-electron chi connectivity index (χ3n) is 6.82. The average molecular weight is 595 g/mol. The van der Waals surface area contributed by atoms with E-state index in [0.717, 1.165) is 22.6 Å². The van der Waals surface area contributed by atoms with Crippen LogP contribution in [0, 0.1) is 23.1 Å². The predicted octanol–water partition coefficient (Wildman–Crippen LogP) is 0.00328. The maximum absolute atomic E-state index is 14.1. The molecule has 4 atom stereocenters. The van der Waals surface area contributed by atoms with E-state index < -0.39 is 72.0 Å². The third kappa shape index (κ3) is 9.08. The lowest BCUT2D eigenvalue weighted by atomic mass is 10.0. The second-order valence-corrected chi connectivity index (χ2v) is 10.6. The molecule has 43 heavy (non-hydrogen) atoms. The molecule has 13 heteroatoms. The van der Waals surface area contributed by atoms with E-state index in [4.69, 9.17) is 0 Å². The molecule has 0 radical (unpaired) electrons. The molecular formula is C30H35FN6O6. The standard InChI is InChI=1S/C30H35FN6O6/c1-17(2)25-29(42)34-23(13-19-7-5-4-6-8-19)27(40)36-26(18(3)38)28(41)33-9-10-37(16-24(39)35-25)30(43)21-11-20(15-32)12-22(31)14-21/h4-8,11-12,14,17-18,23,25-26,38H,9-10,13,16H2,1-3H3,(H,33,41)(H,34,42)(H,35,39)(H,36,40)/t18-,23+,25-,26+/m1/s1. The van der Waals surface area contributed by atoms with Gasteiger partial charge in [0.05, 0.1) is 24.3 Å². The molecule has 1 aliphatic heterocycles. The number of hydrogen-bond acceptors (Lipinski definition) is 7. The number of aliphatic hydroxyl groups excluding tert-OH is 1. The monoisotopic (exact) mass is 594 g/mol. The zero-order chi connectivity index (χ0) is 31.7. The summed E-state index contributed by atoms with van der Waals surface area (Å²) in [6, 6.07) is 10.0. The molecule has 0 saturated carbocycles. The van der Waals surface area contributed by atoms with Crippen molar-refractivity contribution in [1.29, 1.82) is 5.26 Å². The predicted molar refractivity (Wildman–Crippen MR) is 152 cm³/mol. The Hall–Kier alpha value is -4.83. The Morgan fingerprint density at radius 3 is 2.33 bits per heavy atom. The highest BCUT2D eigenvalue weighted by Gasteiger charge is 2.33. The van der Waals surface area contributed by atoms with Gasteiger partial charge in [-0.05, 0) is 36.6 Å². The van der Waals surface area contributed by atoms with Crippen LogP contribution in [0.5, 0.6) is 0 Å². The Balaban J connectivity index is 1.96. The molecule has 0 aromatic heterocycles. The molecule has 228 valence electrons. The van der Waals surface area contributed by atoms with Crippen molar-refractivity contribution in [3.63, 3.8) is 0 Å². The van der Waals surface area contributed by atoms with Crippen molar-refractivity contribution in [2.24, 2.45) is 5.92 Å². The zero-order valence-electron chi connectivity index (χ0n) is 24.1. The molecule has 3 rings (SSSR count).